The molecular weight excluding hydrogens is 377 g/mol. The first-order chi connectivity index (χ1) is 13.0. The fraction of sp³-hybridized carbons (Fsp3) is 0.333. The molecule has 1 aliphatic rings. The monoisotopic (exact) mass is 394 g/mol. The molecule has 0 saturated carbocycles. The molecule has 4 rings (SSSR count). The van der Waals surface area contributed by atoms with Crippen molar-refractivity contribution in [3.8, 4) is 5.75 Å². The zero-order chi connectivity index (χ0) is 18.9. The molecule has 1 saturated heterocycles. The predicted octanol–water partition coefficient (Wildman–Crippen LogP) is 4.81. The summed E-state index contributed by atoms with van der Waals surface area (Å²) in [5, 5.41) is 3.60. The highest BCUT2D eigenvalue weighted by atomic mass is 32.2. The first-order valence-corrected chi connectivity index (χ1v) is 9.56. The van der Waals surface area contributed by atoms with Gasteiger partial charge < -0.3 is 10.1 Å². The lowest BCUT2D eigenvalue weighted by Gasteiger charge is -2.12. The molecular formula is C18H17F3N4OS. The lowest BCUT2D eigenvalue weighted by Crippen LogP contribution is -2.17. The Morgan fingerprint density at radius 3 is 2.96 bits per heavy atom. The number of imidazole rings is 1. The molecule has 5 nitrogen and oxygen atoms in total. The van der Waals surface area contributed by atoms with Crippen molar-refractivity contribution in [3.05, 3.63) is 54.1 Å². The normalized spacial score (nSPS) is 17.4. The van der Waals surface area contributed by atoms with E-state index in [-0.39, 0.29) is 5.75 Å². The number of aromatic nitrogens is 3. The van der Waals surface area contributed by atoms with E-state index in [2.05, 4.69) is 20.0 Å². The highest BCUT2D eigenvalue weighted by Gasteiger charge is 2.31. The van der Waals surface area contributed by atoms with Gasteiger partial charge >= 0.3 is 6.36 Å². The van der Waals surface area contributed by atoms with Crippen LogP contribution in [-0.2, 0) is 6.54 Å². The molecule has 2 aromatic heterocycles. The molecule has 0 aliphatic carbocycles. The third-order valence-electron chi connectivity index (χ3n) is 4.31. The molecule has 27 heavy (non-hydrogen) atoms. The molecule has 1 atom stereocenters. The van der Waals surface area contributed by atoms with Gasteiger partial charge in [0.05, 0.1) is 11.9 Å². The summed E-state index contributed by atoms with van der Waals surface area (Å²) in [6, 6.07) is 5.88. The number of anilines is 1. The van der Waals surface area contributed by atoms with Crippen LogP contribution in [0.25, 0.3) is 5.65 Å². The molecule has 142 valence electrons. The highest BCUT2D eigenvalue weighted by molar-refractivity contribution is 7.99. The van der Waals surface area contributed by atoms with Gasteiger partial charge in [-0.15, -0.1) is 13.2 Å². The van der Waals surface area contributed by atoms with Gasteiger partial charge in [-0.3, -0.25) is 4.40 Å². The van der Waals surface area contributed by atoms with Crippen molar-refractivity contribution in [2.75, 3.05) is 11.1 Å². The topological polar surface area (TPSA) is 51.5 Å². The Bertz CT molecular complexity index is 938. The average molecular weight is 394 g/mol. The third-order valence-corrected chi connectivity index (χ3v) is 5.71. The van der Waals surface area contributed by atoms with Crippen LogP contribution in [0.1, 0.15) is 29.3 Å². The lowest BCUT2D eigenvalue weighted by atomic mass is 10.2. The van der Waals surface area contributed by atoms with Crippen LogP contribution in [0.3, 0.4) is 0 Å². The van der Waals surface area contributed by atoms with Gasteiger partial charge in [0.25, 0.3) is 0 Å². The first-order valence-electron chi connectivity index (χ1n) is 8.52. The Morgan fingerprint density at radius 1 is 1.30 bits per heavy atom. The minimum absolute atomic E-state index is 0.241. The van der Waals surface area contributed by atoms with Crippen molar-refractivity contribution in [2.24, 2.45) is 0 Å². The number of thioether (sulfide) groups is 1. The quantitative estimate of drug-likeness (QED) is 0.673. The van der Waals surface area contributed by atoms with E-state index in [4.69, 9.17) is 0 Å². The molecule has 3 heterocycles. The van der Waals surface area contributed by atoms with Crippen LogP contribution < -0.4 is 10.1 Å². The van der Waals surface area contributed by atoms with E-state index >= 15 is 0 Å². The van der Waals surface area contributed by atoms with E-state index in [0.717, 1.165) is 17.9 Å². The molecule has 0 amide bonds. The van der Waals surface area contributed by atoms with E-state index in [1.807, 2.05) is 28.6 Å². The minimum atomic E-state index is -4.70. The summed E-state index contributed by atoms with van der Waals surface area (Å²) in [6.45, 7) is 0.308. The van der Waals surface area contributed by atoms with Crippen LogP contribution >= 0.6 is 11.8 Å². The third kappa shape index (κ3) is 4.13. The number of hydrogen-bond donors (Lipinski definition) is 1. The van der Waals surface area contributed by atoms with Crippen molar-refractivity contribution in [3.63, 3.8) is 0 Å². The van der Waals surface area contributed by atoms with Gasteiger partial charge in [0, 0.05) is 24.2 Å². The zero-order valence-corrected chi connectivity index (χ0v) is 15.1. The number of nitrogens with zero attached hydrogens (tertiary/aromatic N) is 3. The van der Waals surface area contributed by atoms with Crippen molar-refractivity contribution in [1.82, 2.24) is 14.4 Å². The van der Waals surface area contributed by atoms with Gasteiger partial charge in [0.2, 0.25) is 0 Å². The fourth-order valence-electron chi connectivity index (χ4n) is 3.15. The van der Waals surface area contributed by atoms with Crippen LogP contribution in [0.15, 0.2) is 42.9 Å². The smallest absolute Gasteiger partial charge is 0.406 e. The van der Waals surface area contributed by atoms with Crippen molar-refractivity contribution in [2.45, 2.75) is 31.0 Å². The summed E-state index contributed by atoms with van der Waals surface area (Å²) >= 11 is 1.93. The molecule has 0 radical (unpaired) electrons. The van der Waals surface area contributed by atoms with Crippen molar-refractivity contribution in [1.29, 1.82) is 0 Å². The SMILES string of the molecule is FC(F)(F)Oc1cccc(CNc2nccn3c([C@@H]4CCCS4)cnc23)c1. The maximum absolute atomic E-state index is 12.4. The molecule has 1 aromatic carbocycles. The highest BCUT2D eigenvalue weighted by Crippen LogP contribution is 2.40. The van der Waals surface area contributed by atoms with Crippen LogP contribution in [0.5, 0.6) is 5.75 Å². The summed E-state index contributed by atoms with van der Waals surface area (Å²) in [5.41, 5.74) is 2.51. The Kier molecular flexibility index (Phi) is 4.86. The summed E-state index contributed by atoms with van der Waals surface area (Å²) in [7, 11) is 0. The summed E-state index contributed by atoms with van der Waals surface area (Å²) in [5.74, 6) is 1.51. The van der Waals surface area contributed by atoms with Crippen molar-refractivity contribution < 1.29 is 17.9 Å². The Morgan fingerprint density at radius 2 is 2.19 bits per heavy atom. The summed E-state index contributed by atoms with van der Waals surface area (Å²) in [4.78, 5) is 8.82. The molecule has 3 aromatic rings. The Labute approximate surface area is 158 Å². The zero-order valence-electron chi connectivity index (χ0n) is 14.2. The van der Waals surface area contributed by atoms with E-state index < -0.39 is 6.36 Å². The number of benzene rings is 1. The second kappa shape index (κ2) is 7.30. The number of ether oxygens (including phenoxy) is 1. The number of halogens is 3. The van der Waals surface area contributed by atoms with Crippen LogP contribution in [0.4, 0.5) is 19.0 Å². The average Bonchev–Trinajstić information content (AvgIpc) is 3.28. The number of rotatable bonds is 5. The van der Waals surface area contributed by atoms with Crippen LogP contribution in [0, 0.1) is 0 Å². The molecule has 0 unspecified atom stereocenters. The second-order valence-corrected chi connectivity index (χ2v) is 7.51. The summed E-state index contributed by atoms with van der Waals surface area (Å²) in [6.07, 6.45) is 3.10. The van der Waals surface area contributed by atoms with Gasteiger partial charge in [0.1, 0.15) is 5.75 Å². The number of fused-ring (bicyclic) bond motifs is 1. The van der Waals surface area contributed by atoms with Gasteiger partial charge in [-0.25, -0.2) is 9.97 Å². The number of nitrogens with one attached hydrogen (secondary N) is 1. The van der Waals surface area contributed by atoms with Crippen molar-refractivity contribution >= 4 is 23.2 Å². The molecule has 0 spiro atoms. The van der Waals surface area contributed by atoms with E-state index in [1.165, 1.54) is 24.6 Å². The van der Waals surface area contributed by atoms with E-state index in [9.17, 15) is 13.2 Å². The van der Waals surface area contributed by atoms with Gasteiger partial charge in [-0.1, -0.05) is 12.1 Å². The minimum Gasteiger partial charge on any atom is -0.406 e. The van der Waals surface area contributed by atoms with Crippen LogP contribution in [0.2, 0.25) is 0 Å². The van der Waals surface area contributed by atoms with Gasteiger partial charge in [0.15, 0.2) is 11.5 Å². The van der Waals surface area contributed by atoms with Gasteiger partial charge in [-0.05, 0) is 36.3 Å². The van der Waals surface area contributed by atoms with Gasteiger partial charge in [-0.2, -0.15) is 11.8 Å². The molecule has 0 bridgehead atoms. The predicted molar refractivity (Wildman–Crippen MR) is 97.9 cm³/mol. The Balaban J connectivity index is 1.52. The first kappa shape index (κ1) is 18.0. The molecule has 1 fully saturated rings. The van der Waals surface area contributed by atoms with Crippen LogP contribution in [-0.4, -0.2) is 26.5 Å². The number of hydrogen-bond acceptors (Lipinski definition) is 5. The molecule has 1 N–H and O–H groups in total. The number of alkyl halides is 3. The lowest BCUT2D eigenvalue weighted by molar-refractivity contribution is -0.274. The fourth-order valence-corrected chi connectivity index (χ4v) is 4.45. The van der Waals surface area contributed by atoms with E-state index in [0.29, 0.717) is 28.8 Å². The maximum Gasteiger partial charge on any atom is 0.573 e. The Hall–Kier alpha value is -2.42. The summed E-state index contributed by atoms with van der Waals surface area (Å²) < 4.78 is 43.1. The standard InChI is InChI=1S/C18H17F3N4OS/c19-18(20,21)26-13-4-1-3-12(9-13)10-23-16-17-24-11-14(15-5-2-8-27-15)25(17)7-6-22-16/h1,3-4,6-7,9,11,15H,2,5,8,10H2,(H,22,23)/t15-/m0/s1. The second-order valence-electron chi connectivity index (χ2n) is 6.20. The maximum atomic E-state index is 12.4. The molecule has 9 heteroatoms. The largest absolute Gasteiger partial charge is 0.573 e. The molecule has 1 aliphatic heterocycles. The van der Waals surface area contributed by atoms with E-state index in [1.54, 1.807) is 12.3 Å².